The number of aliphatic hydroxyl groups is 1. The summed E-state index contributed by atoms with van der Waals surface area (Å²) in [6.07, 6.45) is 1.40. The summed E-state index contributed by atoms with van der Waals surface area (Å²) in [4.78, 5) is 3.99. The van der Waals surface area contributed by atoms with E-state index in [1.54, 1.807) is 12.1 Å². The highest BCUT2D eigenvalue weighted by Crippen LogP contribution is 2.05. The molecule has 0 fully saturated rings. The van der Waals surface area contributed by atoms with Crippen LogP contribution in [0.1, 0.15) is 12.6 Å². The van der Waals surface area contributed by atoms with Gasteiger partial charge in [-0.25, -0.2) is 0 Å². The van der Waals surface area contributed by atoms with Gasteiger partial charge in [-0.15, -0.1) is 0 Å². The molecule has 72 valence electrons. The molecule has 13 heavy (non-hydrogen) atoms. The number of rotatable bonds is 4. The average molecular weight is 182 g/mol. The second-order valence-corrected chi connectivity index (χ2v) is 2.97. The van der Waals surface area contributed by atoms with Crippen LogP contribution in [0.15, 0.2) is 18.3 Å². The molecule has 0 amide bonds. The van der Waals surface area contributed by atoms with Gasteiger partial charge < -0.3 is 15.5 Å². The predicted molar refractivity (Wildman–Crippen MR) is 49.3 cm³/mol. The van der Waals surface area contributed by atoms with E-state index in [9.17, 15) is 0 Å². The Hall–Kier alpha value is -1.13. The summed E-state index contributed by atoms with van der Waals surface area (Å²) < 4.78 is 0. The monoisotopic (exact) mass is 182 g/mol. The number of aliphatic hydroxyl groups excluding tert-OH is 1. The van der Waals surface area contributed by atoms with Crippen molar-refractivity contribution in [2.45, 2.75) is 19.5 Å². The number of hydrogen-bond acceptors (Lipinski definition) is 4. The van der Waals surface area contributed by atoms with Gasteiger partial charge in [-0.3, -0.25) is 4.98 Å². The van der Waals surface area contributed by atoms with Gasteiger partial charge in [0.1, 0.15) is 5.75 Å². The molecular formula is C9H14N2O2. The molecule has 0 aromatic carbocycles. The molecule has 1 aromatic rings. The molecular weight excluding hydrogens is 168 g/mol. The van der Waals surface area contributed by atoms with Gasteiger partial charge >= 0.3 is 0 Å². The van der Waals surface area contributed by atoms with Gasteiger partial charge in [0.2, 0.25) is 0 Å². The van der Waals surface area contributed by atoms with E-state index in [-0.39, 0.29) is 18.4 Å². The van der Waals surface area contributed by atoms with E-state index in [1.165, 1.54) is 6.20 Å². The van der Waals surface area contributed by atoms with Gasteiger partial charge in [0.25, 0.3) is 0 Å². The third-order valence-electron chi connectivity index (χ3n) is 1.71. The fourth-order valence-corrected chi connectivity index (χ4v) is 0.865. The zero-order chi connectivity index (χ0) is 9.68. The minimum Gasteiger partial charge on any atom is -0.506 e. The average Bonchev–Trinajstić information content (AvgIpc) is 2.16. The van der Waals surface area contributed by atoms with Crippen LogP contribution >= 0.6 is 0 Å². The maximum Gasteiger partial charge on any atom is 0.133 e. The van der Waals surface area contributed by atoms with Gasteiger partial charge in [-0.05, 0) is 19.1 Å². The number of aromatic hydroxyl groups is 1. The summed E-state index contributed by atoms with van der Waals surface area (Å²) >= 11 is 0. The largest absolute Gasteiger partial charge is 0.506 e. The molecule has 0 saturated carbocycles. The molecule has 0 spiro atoms. The Balaban J connectivity index is 2.41. The number of nitrogens with zero attached hydrogens (tertiary/aromatic N) is 1. The van der Waals surface area contributed by atoms with Gasteiger partial charge in [0, 0.05) is 12.6 Å². The minimum absolute atomic E-state index is 0.0654. The first-order valence-corrected chi connectivity index (χ1v) is 4.20. The van der Waals surface area contributed by atoms with Gasteiger partial charge in [0.15, 0.2) is 0 Å². The first-order chi connectivity index (χ1) is 6.22. The fourth-order valence-electron chi connectivity index (χ4n) is 0.865. The van der Waals surface area contributed by atoms with Gasteiger partial charge in [-0.2, -0.15) is 0 Å². The molecule has 0 aliphatic heterocycles. The van der Waals surface area contributed by atoms with E-state index in [2.05, 4.69) is 10.3 Å². The normalized spacial score (nSPS) is 12.8. The van der Waals surface area contributed by atoms with Gasteiger partial charge in [0.05, 0.1) is 18.5 Å². The van der Waals surface area contributed by atoms with Crippen LogP contribution in [-0.4, -0.2) is 27.8 Å². The Morgan fingerprint density at radius 2 is 2.31 bits per heavy atom. The molecule has 0 radical (unpaired) electrons. The van der Waals surface area contributed by atoms with E-state index in [4.69, 9.17) is 10.2 Å². The lowest BCUT2D eigenvalue weighted by molar-refractivity contribution is 0.250. The maximum atomic E-state index is 8.96. The molecule has 0 bridgehead atoms. The van der Waals surface area contributed by atoms with E-state index >= 15 is 0 Å². The quantitative estimate of drug-likeness (QED) is 0.625. The first kappa shape index (κ1) is 9.95. The Morgan fingerprint density at radius 1 is 1.54 bits per heavy atom. The summed E-state index contributed by atoms with van der Waals surface area (Å²) in [6, 6.07) is 3.40. The third-order valence-corrected chi connectivity index (χ3v) is 1.71. The van der Waals surface area contributed by atoms with Crippen molar-refractivity contribution in [3.05, 3.63) is 24.0 Å². The highest BCUT2D eigenvalue weighted by molar-refractivity contribution is 5.17. The van der Waals surface area contributed by atoms with Crippen LogP contribution in [-0.2, 0) is 6.54 Å². The van der Waals surface area contributed by atoms with Crippen LogP contribution in [0.4, 0.5) is 0 Å². The van der Waals surface area contributed by atoms with E-state index in [0.29, 0.717) is 6.54 Å². The molecule has 0 aliphatic carbocycles. The van der Waals surface area contributed by atoms with Crippen molar-refractivity contribution in [3.8, 4) is 5.75 Å². The molecule has 4 nitrogen and oxygen atoms in total. The fraction of sp³-hybridized carbons (Fsp3) is 0.444. The van der Waals surface area contributed by atoms with Crippen LogP contribution in [0.5, 0.6) is 5.75 Å². The SMILES string of the molecule is C[C@H](CO)NCc1ccc(O)cn1. The zero-order valence-electron chi connectivity index (χ0n) is 7.57. The minimum atomic E-state index is 0.0654. The van der Waals surface area contributed by atoms with Crippen LogP contribution in [0.2, 0.25) is 0 Å². The van der Waals surface area contributed by atoms with Crippen molar-refractivity contribution < 1.29 is 10.2 Å². The summed E-state index contributed by atoms with van der Waals surface area (Å²) in [5.41, 5.74) is 0.845. The van der Waals surface area contributed by atoms with Crippen LogP contribution in [0, 0.1) is 0 Å². The lowest BCUT2D eigenvalue weighted by Gasteiger charge is -2.09. The van der Waals surface area contributed by atoms with Crippen molar-refractivity contribution in [2.75, 3.05) is 6.61 Å². The molecule has 3 N–H and O–H groups in total. The van der Waals surface area contributed by atoms with Crippen molar-refractivity contribution in [2.24, 2.45) is 0 Å². The number of nitrogens with one attached hydrogen (secondary N) is 1. The molecule has 1 aromatic heterocycles. The Kier molecular flexibility index (Phi) is 3.67. The predicted octanol–water partition coefficient (Wildman–Crippen LogP) is 0.258. The first-order valence-electron chi connectivity index (χ1n) is 4.20. The number of aromatic nitrogens is 1. The lowest BCUT2D eigenvalue weighted by Crippen LogP contribution is -2.28. The number of pyridine rings is 1. The van der Waals surface area contributed by atoms with Crippen LogP contribution < -0.4 is 5.32 Å². The molecule has 0 aliphatic rings. The maximum absolute atomic E-state index is 8.96. The molecule has 0 saturated heterocycles. The highest BCUT2D eigenvalue weighted by Gasteiger charge is 1.99. The second-order valence-electron chi connectivity index (χ2n) is 2.97. The van der Waals surface area contributed by atoms with Crippen molar-refractivity contribution in [1.82, 2.24) is 10.3 Å². The van der Waals surface area contributed by atoms with E-state index < -0.39 is 0 Å². The standard InChI is InChI=1S/C9H14N2O2/c1-7(6-12)10-4-8-2-3-9(13)5-11-8/h2-3,5,7,10,12-13H,4,6H2,1H3/t7-/m1/s1. The van der Waals surface area contributed by atoms with Crippen LogP contribution in [0.25, 0.3) is 0 Å². The topological polar surface area (TPSA) is 65.4 Å². The highest BCUT2D eigenvalue weighted by atomic mass is 16.3. The van der Waals surface area contributed by atoms with Crippen molar-refractivity contribution in [1.29, 1.82) is 0 Å². The van der Waals surface area contributed by atoms with E-state index in [1.807, 2.05) is 6.92 Å². The van der Waals surface area contributed by atoms with E-state index in [0.717, 1.165) is 5.69 Å². The Bertz CT molecular complexity index is 248. The Labute approximate surface area is 77.2 Å². The van der Waals surface area contributed by atoms with Crippen molar-refractivity contribution >= 4 is 0 Å². The summed E-state index contributed by atoms with van der Waals surface area (Å²) in [6.45, 7) is 2.60. The van der Waals surface area contributed by atoms with Crippen molar-refractivity contribution in [3.63, 3.8) is 0 Å². The zero-order valence-corrected chi connectivity index (χ0v) is 7.57. The summed E-state index contributed by atoms with van der Waals surface area (Å²) in [5, 5.41) is 20.8. The third kappa shape index (κ3) is 3.40. The molecule has 0 unspecified atom stereocenters. The van der Waals surface area contributed by atoms with Gasteiger partial charge in [-0.1, -0.05) is 0 Å². The molecule has 1 rings (SSSR count). The molecule has 1 heterocycles. The summed E-state index contributed by atoms with van der Waals surface area (Å²) in [5.74, 6) is 0.166. The number of hydrogen-bond donors (Lipinski definition) is 3. The molecule has 4 heteroatoms. The molecule has 1 atom stereocenters. The summed E-state index contributed by atoms with van der Waals surface area (Å²) in [7, 11) is 0. The lowest BCUT2D eigenvalue weighted by atomic mass is 10.3. The van der Waals surface area contributed by atoms with Crippen LogP contribution in [0.3, 0.4) is 0 Å². The second kappa shape index (κ2) is 4.79. The Morgan fingerprint density at radius 3 is 2.85 bits per heavy atom. The smallest absolute Gasteiger partial charge is 0.133 e.